The smallest absolute Gasteiger partial charge is 0.262 e. The molecule has 1 aromatic carbocycles. The number of ether oxygens (including phenoxy) is 2. The van der Waals surface area contributed by atoms with E-state index in [4.69, 9.17) is 9.47 Å². The third kappa shape index (κ3) is 3.01. The van der Waals surface area contributed by atoms with Crippen molar-refractivity contribution in [3.8, 4) is 17.4 Å². The van der Waals surface area contributed by atoms with Crippen molar-refractivity contribution in [3.63, 3.8) is 0 Å². The van der Waals surface area contributed by atoms with Crippen LogP contribution in [0.25, 0.3) is 0 Å². The number of halogens is 1. The molecule has 4 heteroatoms. The van der Waals surface area contributed by atoms with E-state index in [-0.39, 0.29) is 0 Å². The molecule has 0 atom stereocenters. The molecule has 0 fully saturated rings. The summed E-state index contributed by atoms with van der Waals surface area (Å²) in [6, 6.07) is 9.55. The maximum absolute atomic E-state index is 5.81. The lowest BCUT2D eigenvalue weighted by Gasteiger charge is -2.11. The predicted molar refractivity (Wildman–Crippen MR) is 74.4 cm³/mol. The van der Waals surface area contributed by atoms with Crippen LogP contribution in [0.4, 0.5) is 0 Å². The summed E-state index contributed by atoms with van der Waals surface area (Å²) < 4.78 is 12.3. The Morgan fingerprint density at radius 3 is 2.83 bits per heavy atom. The van der Waals surface area contributed by atoms with E-state index in [0.717, 1.165) is 15.8 Å². The van der Waals surface area contributed by atoms with Gasteiger partial charge in [-0.1, -0.05) is 22.0 Å². The highest BCUT2D eigenvalue weighted by molar-refractivity contribution is 9.10. The van der Waals surface area contributed by atoms with Gasteiger partial charge in [-0.2, -0.15) is 0 Å². The summed E-state index contributed by atoms with van der Waals surface area (Å²) in [7, 11) is 0. The second-order valence-electron chi connectivity index (χ2n) is 3.75. The fraction of sp³-hybridized carbons (Fsp3) is 0.214. The Balaban J connectivity index is 2.30. The summed E-state index contributed by atoms with van der Waals surface area (Å²) in [6.07, 6.45) is 1.69. The van der Waals surface area contributed by atoms with Crippen molar-refractivity contribution in [2.75, 3.05) is 6.61 Å². The topological polar surface area (TPSA) is 31.4 Å². The number of benzene rings is 1. The third-order valence-corrected chi connectivity index (χ3v) is 2.89. The molecule has 0 aliphatic carbocycles. The van der Waals surface area contributed by atoms with Gasteiger partial charge in [-0.3, -0.25) is 0 Å². The SMILES string of the molecule is CCOc1cccnc1Oc1cc(Br)ccc1C. The minimum atomic E-state index is 0.487. The average Bonchev–Trinajstić information content (AvgIpc) is 2.36. The molecule has 3 nitrogen and oxygen atoms in total. The molecule has 0 bridgehead atoms. The van der Waals surface area contributed by atoms with E-state index in [1.807, 2.05) is 44.2 Å². The highest BCUT2D eigenvalue weighted by Crippen LogP contribution is 2.32. The number of aryl methyl sites for hydroxylation is 1. The van der Waals surface area contributed by atoms with Crippen LogP contribution in [0.3, 0.4) is 0 Å². The van der Waals surface area contributed by atoms with Crippen molar-refractivity contribution in [1.29, 1.82) is 0 Å². The largest absolute Gasteiger partial charge is 0.488 e. The van der Waals surface area contributed by atoms with Gasteiger partial charge in [0.15, 0.2) is 5.75 Å². The first-order valence-electron chi connectivity index (χ1n) is 5.72. The normalized spacial score (nSPS) is 10.2. The molecule has 0 radical (unpaired) electrons. The van der Waals surface area contributed by atoms with Crippen LogP contribution in [0.2, 0.25) is 0 Å². The predicted octanol–water partition coefficient (Wildman–Crippen LogP) is 4.34. The molecule has 1 heterocycles. The monoisotopic (exact) mass is 307 g/mol. The molecule has 0 aliphatic rings. The van der Waals surface area contributed by atoms with Crippen molar-refractivity contribution in [3.05, 3.63) is 46.6 Å². The number of pyridine rings is 1. The fourth-order valence-electron chi connectivity index (χ4n) is 1.51. The van der Waals surface area contributed by atoms with Crippen molar-refractivity contribution in [2.24, 2.45) is 0 Å². The summed E-state index contributed by atoms with van der Waals surface area (Å²) in [4.78, 5) is 4.20. The highest BCUT2D eigenvalue weighted by Gasteiger charge is 2.08. The molecular formula is C14H14BrNO2. The van der Waals surface area contributed by atoms with Crippen LogP contribution in [0.1, 0.15) is 12.5 Å². The Hall–Kier alpha value is -1.55. The van der Waals surface area contributed by atoms with Gasteiger partial charge in [0.1, 0.15) is 5.75 Å². The van der Waals surface area contributed by atoms with Crippen LogP contribution in [0.5, 0.6) is 17.4 Å². The molecule has 94 valence electrons. The maximum atomic E-state index is 5.81. The van der Waals surface area contributed by atoms with E-state index in [1.54, 1.807) is 6.20 Å². The average molecular weight is 308 g/mol. The number of nitrogens with zero attached hydrogens (tertiary/aromatic N) is 1. The number of aromatic nitrogens is 1. The molecule has 1 aromatic heterocycles. The molecule has 0 spiro atoms. The first-order valence-corrected chi connectivity index (χ1v) is 6.52. The minimum absolute atomic E-state index is 0.487. The van der Waals surface area contributed by atoms with Crippen LogP contribution in [0.15, 0.2) is 41.0 Å². The van der Waals surface area contributed by atoms with E-state index in [0.29, 0.717) is 18.2 Å². The zero-order valence-electron chi connectivity index (χ0n) is 10.3. The van der Waals surface area contributed by atoms with Crippen LogP contribution in [0, 0.1) is 6.92 Å². The number of hydrogen-bond donors (Lipinski definition) is 0. The van der Waals surface area contributed by atoms with Crippen molar-refractivity contribution < 1.29 is 9.47 Å². The summed E-state index contributed by atoms with van der Waals surface area (Å²) in [5.41, 5.74) is 1.05. The van der Waals surface area contributed by atoms with Crippen LogP contribution in [-0.2, 0) is 0 Å². The Morgan fingerprint density at radius 2 is 2.06 bits per heavy atom. The van der Waals surface area contributed by atoms with E-state index >= 15 is 0 Å². The summed E-state index contributed by atoms with van der Waals surface area (Å²) in [5.74, 6) is 1.91. The van der Waals surface area contributed by atoms with Crippen molar-refractivity contribution in [1.82, 2.24) is 4.98 Å². The van der Waals surface area contributed by atoms with Gasteiger partial charge in [-0.25, -0.2) is 4.98 Å². The molecule has 0 aliphatic heterocycles. The van der Waals surface area contributed by atoms with Crippen LogP contribution < -0.4 is 9.47 Å². The standard InChI is InChI=1S/C14H14BrNO2/c1-3-17-12-5-4-8-16-14(12)18-13-9-11(15)7-6-10(13)2/h4-9H,3H2,1-2H3. The van der Waals surface area contributed by atoms with Gasteiger partial charge in [0.25, 0.3) is 5.88 Å². The Kier molecular flexibility index (Phi) is 4.20. The van der Waals surface area contributed by atoms with Gasteiger partial charge >= 0.3 is 0 Å². The van der Waals surface area contributed by atoms with Crippen LogP contribution in [-0.4, -0.2) is 11.6 Å². The lowest BCUT2D eigenvalue weighted by molar-refractivity contribution is 0.316. The zero-order chi connectivity index (χ0) is 13.0. The zero-order valence-corrected chi connectivity index (χ0v) is 11.9. The Labute approximate surface area is 115 Å². The van der Waals surface area contributed by atoms with E-state index in [1.165, 1.54) is 0 Å². The minimum Gasteiger partial charge on any atom is -0.488 e. The van der Waals surface area contributed by atoms with Gasteiger partial charge in [0.05, 0.1) is 6.61 Å². The van der Waals surface area contributed by atoms with Gasteiger partial charge in [0, 0.05) is 10.7 Å². The van der Waals surface area contributed by atoms with E-state index < -0.39 is 0 Å². The first-order chi connectivity index (χ1) is 8.70. The molecule has 2 aromatic rings. The molecule has 0 N–H and O–H groups in total. The molecule has 0 amide bonds. The second-order valence-corrected chi connectivity index (χ2v) is 4.67. The molecular weight excluding hydrogens is 294 g/mol. The van der Waals surface area contributed by atoms with Crippen molar-refractivity contribution in [2.45, 2.75) is 13.8 Å². The molecule has 18 heavy (non-hydrogen) atoms. The molecule has 2 rings (SSSR count). The van der Waals surface area contributed by atoms with E-state index in [9.17, 15) is 0 Å². The third-order valence-electron chi connectivity index (χ3n) is 2.39. The Bertz CT molecular complexity index is 543. The lowest BCUT2D eigenvalue weighted by Crippen LogP contribution is -1.97. The number of rotatable bonds is 4. The summed E-state index contributed by atoms with van der Waals surface area (Å²) in [5, 5.41) is 0. The molecule has 0 saturated heterocycles. The van der Waals surface area contributed by atoms with Crippen molar-refractivity contribution >= 4 is 15.9 Å². The van der Waals surface area contributed by atoms with Crippen LogP contribution >= 0.6 is 15.9 Å². The fourth-order valence-corrected chi connectivity index (χ4v) is 1.85. The van der Waals surface area contributed by atoms with Gasteiger partial charge < -0.3 is 9.47 Å². The number of hydrogen-bond acceptors (Lipinski definition) is 3. The Morgan fingerprint density at radius 1 is 1.22 bits per heavy atom. The second kappa shape index (κ2) is 5.87. The lowest BCUT2D eigenvalue weighted by atomic mass is 10.2. The summed E-state index contributed by atoms with van der Waals surface area (Å²) in [6.45, 7) is 4.51. The van der Waals surface area contributed by atoms with Gasteiger partial charge in [0.2, 0.25) is 0 Å². The molecule has 0 unspecified atom stereocenters. The molecule has 0 saturated carbocycles. The highest BCUT2D eigenvalue weighted by atomic mass is 79.9. The maximum Gasteiger partial charge on any atom is 0.262 e. The quantitative estimate of drug-likeness (QED) is 0.842. The van der Waals surface area contributed by atoms with E-state index in [2.05, 4.69) is 20.9 Å². The first kappa shape index (κ1) is 12.9. The summed E-state index contributed by atoms with van der Waals surface area (Å²) >= 11 is 3.43. The van der Waals surface area contributed by atoms with Gasteiger partial charge in [-0.15, -0.1) is 0 Å². The van der Waals surface area contributed by atoms with Gasteiger partial charge in [-0.05, 0) is 43.7 Å².